The number of ether oxygens (including phenoxy) is 2. The van der Waals surface area contributed by atoms with Gasteiger partial charge >= 0.3 is 0 Å². The summed E-state index contributed by atoms with van der Waals surface area (Å²) in [6, 6.07) is 0.147. The Balaban J connectivity index is 1.62. The van der Waals surface area contributed by atoms with Gasteiger partial charge in [0, 0.05) is 6.42 Å². The lowest BCUT2D eigenvalue weighted by molar-refractivity contribution is -0.156. The predicted octanol–water partition coefficient (Wildman–Crippen LogP) is 1.57. The molecule has 1 saturated carbocycles. The van der Waals surface area contributed by atoms with Gasteiger partial charge in [-0.2, -0.15) is 0 Å². The van der Waals surface area contributed by atoms with Crippen LogP contribution in [0.3, 0.4) is 0 Å². The molecular weight excluding hydrogens is 292 g/mol. The van der Waals surface area contributed by atoms with Gasteiger partial charge in [-0.15, -0.1) is 0 Å². The van der Waals surface area contributed by atoms with Gasteiger partial charge in [0.1, 0.15) is 6.10 Å². The minimum absolute atomic E-state index is 0.0390. The molecule has 0 aromatic carbocycles. The van der Waals surface area contributed by atoms with E-state index in [2.05, 4.69) is 10.4 Å². The van der Waals surface area contributed by atoms with Crippen molar-refractivity contribution in [3.63, 3.8) is 0 Å². The van der Waals surface area contributed by atoms with E-state index in [0.29, 0.717) is 23.8 Å². The van der Waals surface area contributed by atoms with Crippen molar-refractivity contribution in [1.29, 1.82) is 0 Å². The van der Waals surface area contributed by atoms with Crippen molar-refractivity contribution < 1.29 is 14.3 Å². The van der Waals surface area contributed by atoms with Gasteiger partial charge in [0.15, 0.2) is 5.78 Å². The summed E-state index contributed by atoms with van der Waals surface area (Å²) in [5, 5.41) is 8.44. The van der Waals surface area contributed by atoms with Crippen LogP contribution in [-0.4, -0.2) is 44.6 Å². The number of rotatable bonds is 2. The second-order valence-electron chi connectivity index (χ2n) is 6.02. The molecule has 1 aliphatic carbocycles. The van der Waals surface area contributed by atoms with Gasteiger partial charge in [-0.25, -0.2) is 9.36 Å². The molecule has 114 valence electrons. The van der Waals surface area contributed by atoms with Crippen molar-refractivity contribution in [2.45, 2.75) is 63.0 Å². The zero-order valence-electron chi connectivity index (χ0n) is 11.7. The van der Waals surface area contributed by atoms with E-state index < -0.39 is 6.29 Å². The molecule has 8 heteroatoms. The Kier molecular flexibility index (Phi) is 3.39. The van der Waals surface area contributed by atoms with E-state index in [0.717, 1.165) is 12.8 Å². The number of aromatic nitrogens is 4. The highest BCUT2D eigenvalue weighted by atomic mass is 32.1. The average molecular weight is 310 g/mol. The Labute approximate surface area is 127 Å². The van der Waals surface area contributed by atoms with Crippen LogP contribution in [0.5, 0.6) is 0 Å². The molecular formula is C13H18N4O3S. The second-order valence-corrected chi connectivity index (χ2v) is 6.39. The minimum Gasteiger partial charge on any atom is -0.343 e. The quantitative estimate of drug-likeness (QED) is 0.772. The van der Waals surface area contributed by atoms with E-state index in [1.807, 2.05) is 4.68 Å². The van der Waals surface area contributed by atoms with Gasteiger partial charge in [0.25, 0.3) is 0 Å². The molecule has 0 radical (unpaired) electrons. The maximum atomic E-state index is 11.9. The topological polar surface area (TPSA) is 71.2 Å². The summed E-state index contributed by atoms with van der Waals surface area (Å²) in [4.78, 5) is 11.9. The van der Waals surface area contributed by atoms with Gasteiger partial charge in [-0.3, -0.25) is 4.79 Å². The number of tetrazole rings is 1. The third-order valence-corrected chi connectivity index (χ3v) is 5.05. The van der Waals surface area contributed by atoms with Crippen molar-refractivity contribution >= 4 is 18.0 Å². The van der Waals surface area contributed by atoms with Crippen molar-refractivity contribution in [2.75, 3.05) is 6.61 Å². The van der Waals surface area contributed by atoms with E-state index >= 15 is 0 Å². The van der Waals surface area contributed by atoms with E-state index in [9.17, 15) is 4.79 Å². The molecule has 3 fully saturated rings. The Morgan fingerprint density at radius 2 is 1.90 bits per heavy atom. The number of fused-ring (bicyclic) bond motifs is 2. The SMILES string of the molecule is O=C1C[C@@H](n2nnn(C3CCCCC3)c2=S)[C@H]2CO[C@@H]1O2. The Morgan fingerprint density at radius 1 is 1.14 bits per heavy atom. The molecule has 0 unspecified atom stereocenters. The van der Waals surface area contributed by atoms with Gasteiger partial charge in [0.2, 0.25) is 11.1 Å². The van der Waals surface area contributed by atoms with E-state index in [4.69, 9.17) is 21.7 Å². The lowest BCUT2D eigenvalue weighted by atomic mass is 9.96. The molecule has 3 atom stereocenters. The monoisotopic (exact) mass is 310 g/mol. The van der Waals surface area contributed by atoms with Crippen LogP contribution in [0.25, 0.3) is 0 Å². The number of carbonyl (C=O) groups is 1. The van der Waals surface area contributed by atoms with Crippen molar-refractivity contribution in [3.05, 3.63) is 4.77 Å². The summed E-state index contributed by atoms with van der Waals surface area (Å²) >= 11 is 5.53. The largest absolute Gasteiger partial charge is 0.343 e. The van der Waals surface area contributed by atoms with Gasteiger partial charge in [-0.05, 0) is 35.5 Å². The van der Waals surface area contributed by atoms with Crippen LogP contribution < -0.4 is 0 Å². The van der Waals surface area contributed by atoms with E-state index in [1.54, 1.807) is 4.68 Å². The van der Waals surface area contributed by atoms with E-state index in [1.165, 1.54) is 19.3 Å². The number of nitrogens with zero attached hydrogens (tertiary/aromatic N) is 4. The summed E-state index contributed by atoms with van der Waals surface area (Å²) in [6.45, 7) is 0.416. The smallest absolute Gasteiger partial charge is 0.218 e. The van der Waals surface area contributed by atoms with Crippen molar-refractivity contribution in [1.82, 2.24) is 19.8 Å². The number of carbonyl (C=O) groups excluding carboxylic acids is 1. The van der Waals surface area contributed by atoms with Crippen LogP contribution >= 0.6 is 12.2 Å². The third kappa shape index (κ3) is 2.25. The molecule has 1 aromatic heterocycles. The fraction of sp³-hybridized carbons (Fsp3) is 0.846. The number of hydrogen-bond acceptors (Lipinski definition) is 6. The van der Waals surface area contributed by atoms with Gasteiger partial charge < -0.3 is 9.47 Å². The molecule has 3 heterocycles. The first kappa shape index (κ1) is 13.5. The number of Topliss-reactive ketones (excluding diaryl/α,β-unsaturated/α-hetero) is 1. The summed E-state index contributed by atoms with van der Waals surface area (Å²) < 4.78 is 15.0. The van der Waals surface area contributed by atoms with Crippen molar-refractivity contribution in [2.24, 2.45) is 0 Å². The van der Waals surface area contributed by atoms with Gasteiger partial charge in [0.05, 0.1) is 18.7 Å². The molecule has 7 nitrogen and oxygen atoms in total. The molecule has 3 aliphatic rings. The first-order valence-corrected chi connectivity index (χ1v) is 7.98. The molecule has 2 aliphatic heterocycles. The fourth-order valence-electron chi connectivity index (χ4n) is 3.50. The Bertz CT molecular complexity index is 607. The zero-order chi connectivity index (χ0) is 14.4. The maximum absolute atomic E-state index is 11.9. The first-order valence-electron chi connectivity index (χ1n) is 7.58. The molecule has 0 spiro atoms. The summed E-state index contributed by atoms with van der Waals surface area (Å²) in [5.74, 6) is -0.0390. The second kappa shape index (κ2) is 5.26. The average Bonchev–Trinajstić information content (AvgIpc) is 3.10. The van der Waals surface area contributed by atoms with Crippen molar-refractivity contribution in [3.8, 4) is 0 Å². The normalized spacial score (nSPS) is 33.5. The van der Waals surface area contributed by atoms with Gasteiger partial charge in [-0.1, -0.05) is 19.3 Å². The molecule has 2 saturated heterocycles. The van der Waals surface area contributed by atoms with Crippen LogP contribution in [0, 0.1) is 4.77 Å². The predicted molar refractivity (Wildman–Crippen MR) is 74.2 cm³/mol. The minimum atomic E-state index is -0.686. The highest BCUT2D eigenvalue weighted by Gasteiger charge is 2.45. The standard InChI is InChI=1S/C13H18N4O3S/c18-10-6-9(11-7-19-12(10)20-11)17-13(21)16(14-15-17)8-4-2-1-3-5-8/h8-9,11-12H,1-7H2/t9-,11-,12-/m1/s1. The summed E-state index contributed by atoms with van der Waals surface area (Å²) in [6.07, 6.45) is 5.41. The summed E-state index contributed by atoms with van der Waals surface area (Å²) in [7, 11) is 0. The molecule has 21 heavy (non-hydrogen) atoms. The highest BCUT2D eigenvalue weighted by Crippen LogP contribution is 2.33. The molecule has 2 bridgehead atoms. The van der Waals surface area contributed by atoms with Crippen LogP contribution in [0.1, 0.15) is 50.6 Å². The number of hydrogen-bond donors (Lipinski definition) is 0. The Morgan fingerprint density at radius 3 is 2.71 bits per heavy atom. The van der Waals surface area contributed by atoms with Crippen LogP contribution in [-0.2, 0) is 14.3 Å². The lowest BCUT2D eigenvalue weighted by Gasteiger charge is -2.26. The molecule has 0 N–H and O–H groups in total. The third-order valence-electron chi connectivity index (χ3n) is 4.67. The zero-order valence-corrected chi connectivity index (χ0v) is 12.5. The fourth-order valence-corrected chi connectivity index (χ4v) is 3.86. The molecule has 1 aromatic rings. The Hall–Kier alpha value is -1.12. The lowest BCUT2D eigenvalue weighted by Crippen LogP contribution is -2.37. The van der Waals surface area contributed by atoms with Crippen LogP contribution in [0.2, 0.25) is 0 Å². The van der Waals surface area contributed by atoms with Crippen LogP contribution in [0.15, 0.2) is 0 Å². The molecule has 4 rings (SSSR count). The first-order chi connectivity index (χ1) is 10.2. The highest BCUT2D eigenvalue weighted by molar-refractivity contribution is 7.71. The van der Waals surface area contributed by atoms with Crippen LogP contribution in [0.4, 0.5) is 0 Å². The summed E-state index contributed by atoms with van der Waals surface area (Å²) in [5.41, 5.74) is 0. The number of ketones is 1. The van der Waals surface area contributed by atoms with E-state index in [-0.39, 0.29) is 17.9 Å². The molecule has 0 amide bonds. The maximum Gasteiger partial charge on any atom is 0.218 e.